The number of furan rings is 1. The fourth-order valence-electron chi connectivity index (χ4n) is 1.66. The van der Waals surface area contributed by atoms with Crippen LogP contribution >= 0.6 is 0 Å². The second kappa shape index (κ2) is 5.36. The second-order valence-corrected chi connectivity index (χ2v) is 3.92. The van der Waals surface area contributed by atoms with Crippen LogP contribution in [-0.2, 0) is 11.2 Å². The predicted octanol–water partition coefficient (Wildman–Crippen LogP) is 3.61. The van der Waals surface area contributed by atoms with E-state index in [1.807, 2.05) is 18.2 Å². The normalized spacial score (nSPS) is 10.9. The van der Waals surface area contributed by atoms with E-state index < -0.39 is 5.97 Å². The Bertz CT molecular complexity index is 562. The Labute approximate surface area is 105 Å². The van der Waals surface area contributed by atoms with Gasteiger partial charge in [-0.15, -0.1) is 0 Å². The molecule has 1 aromatic carbocycles. The molecule has 1 aromatic heterocycles. The largest absolute Gasteiger partial charge is 0.478 e. The number of rotatable bonds is 4. The number of carbonyl (C=O) groups is 1. The zero-order valence-electron chi connectivity index (χ0n) is 10.1. The summed E-state index contributed by atoms with van der Waals surface area (Å²) in [7, 11) is 0. The highest BCUT2D eigenvalue weighted by Gasteiger charge is 2.03. The summed E-state index contributed by atoms with van der Waals surface area (Å²) in [6.07, 6.45) is 3.50. The van der Waals surface area contributed by atoms with Gasteiger partial charge in [-0.3, -0.25) is 0 Å². The van der Waals surface area contributed by atoms with Gasteiger partial charge in [-0.2, -0.15) is 0 Å². The average molecular weight is 242 g/mol. The van der Waals surface area contributed by atoms with Gasteiger partial charge in [0.2, 0.25) is 0 Å². The van der Waals surface area contributed by atoms with Crippen molar-refractivity contribution in [1.29, 1.82) is 0 Å². The van der Waals surface area contributed by atoms with Crippen LogP contribution < -0.4 is 0 Å². The van der Waals surface area contributed by atoms with Crippen LogP contribution in [0.2, 0.25) is 0 Å². The molecule has 0 bridgehead atoms. The monoisotopic (exact) mass is 242 g/mol. The van der Waals surface area contributed by atoms with E-state index in [4.69, 9.17) is 9.52 Å². The minimum atomic E-state index is -0.986. The van der Waals surface area contributed by atoms with E-state index in [0.717, 1.165) is 23.8 Å². The summed E-state index contributed by atoms with van der Waals surface area (Å²) in [6, 6.07) is 11.7. The van der Waals surface area contributed by atoms with Gasteiger partial charge in [0.05, 0.1) is 0 Å². The Morgan fingerprint density at radius 2 is 1.94 bits per heavy atom. The minimum absolute atomic E-state index is 0.534. The van der Waals surface area contributed by atoms with Crippen LogP contribution in [0.5, 0.6) is 0 Å². The van der Waals surface area contributed by atoms with E-state index in [-0.39, 0.29) is 0 Å². The standard InChI is InChI=1S/C15H14O3/c1-2-11-3-5-12(6-4-11)14-9-7-13(18-14)8-10-15(16)17/h3-10H,2H2,1H3,(H,16,17)/b10-8+. The van der Waals surface area contributed by atoms with Crippen LogP contribution in [0.1, 0.15) is 18.2 Å². The summed E-state index contributed by atoms with van der Waals surface area (Å²) in [5, 5.41) is 8.53. The molecule has 1 heterocycles. The van der Waals surface area contributed by atoms with E-state index in [1.54, 1.807) is 6.07 Å². The van der Waals surface area contributed by atoms with Crippen molar-refractivity contribution in [3.05, 3.63) is 53.8 Å². The Hall–Kier alpha value is -2.29. The van der Waals surface area contributed by atoms with Gasteiger partial charge in [-0.05, 0) is 30.2 Å². The number of carboxylic acids is 1. The Morgan fingerprint density at radius 1 is 1.22 bits per heavy atom. The molecule has 3 nitrogen and oxygen atoms in total. The third kappa shape index (κ3) is 2.88. The first-order valence-corrected chi connectivity index (χ1v) is 5.79. The summed E-state index contributed by atoms with van der Waals surface area (Å²) in [5.41, 5.74) is 2.26. The smallest absolute Gasteiger partial charge is 0.328 e. The molecule has 2 aromatic rings. The third-order valence-electron chi connectivity index (χ3n) is 2.66. The fourth-order valence-corrected chi connectivity index (χ4v) is 1.66. The maximum atomic E-state index is 10.4. The van der Waals surface area contributed by atoms with Gasteiger partial charge in [0.15, 0.2) is 0 Å². The van der Waals surface area contributed by atoms with E-state index in [0.29, 0.717) is 5.76 Å². The summed E-state index contributed by atoms with van der Waals surface area (Å²) in [6.45, 7) is 2.11. The predicted molar refractivity (Wildman–Crippen MR) is 70.2 cm³/mol. The molecule has 3 heteroatoms. The molecule has 1 N–H and O–H groups in total. The summed E-state index contributed by atoms with van der Waals surface area (Å²) in [4.78, 5) is 10.4. The molecule has 0 aliphatic heterocycles. The van der Waals surface area contributed by atoms with Crippen LogP contribution in [0, 0.1) is 0 Å². The highest BCUT2D eigenvalue weighted by atomic mass is 16.4. The minimum Gasteiger partial charge on any atom is -0.478 e. The zero-order chi connectivity index (χ0) is 13.0. The maximum Gasteiger partial charge on any atom is 0.328 e. The molecule has 0 radical (unpaired) electrons. The highest BCUT2D eigenvalue weighted by Crippen LogP contribution is 2.23. The number of benzene rings is 1. The molecule has 0 amide bonds. The first-order valence-electron chi connectivity index (χ1n) is 5.79. The lowest BCUT2D eigenvalue weighted by Crippen LogP contribution is -1.84. The topological polar surface area (TPSA) is 50.4 Å². The molecule has 0 saturated heterocycles. The first kappa shape index (κ1) is 12.2. The Kier molecular flexibility index (Phi) is 3.63. The van der Waals surface area contributed by atoms with Gasteiger partial charge < -0.3 is 9.52 Å². The number of aliphatic carboxylic acids is 1. The molecule has 0 aliphatic carbocycles. The lowest BCUT2D eigenvalue weighted by molar-refractivity contribution is -0.131. The zero-order valence-corrected chi connectivity index (χ0v) is 10.1. The Morgan fingerprint density at radius 3 is 2.56 bits per heavy atom. The average Bonchev–Trinajstić information content (AvgIpc) is 2.85. The highest BCUT2D eigenvalue weighted by molar-refractivity contribution is 5.84. The lowest BCUT2D eigenvalue weighted by Gasteiger charge is -1.99. The molecule has 0 aliphatic rings. The quantitative estimate of drug-likeness (QED) is 0.833. The summed E-state index contributed by atoms with van der Waals surface area (Å²) < 4.78 is 5.54. The van der Waals surface area contributed by atoms with Gasteiger partial charge in [0.25, 0.3) is 0 Å². The molecule has 0 fully saturated rings. The van der Waals surface area contributed by atoms with Crippen molar-refractivity contribution in [2.75, 3.05) is 0 Å². The van der Waals surface area contributed by atoms with Crippen LogP contribution in [0.15, 0.2) is 46.9 Å². The summed E-state index contributed by atoms with van der Waals surface area (Å²) in [5.74, 6) is 0.287. The van der Waals surface area contributed by atoms with Crippen LogP contribution in [-0.4, -0.2) is 11.1 Å². The van der Waals surface area contributed by atoms with Crippen molar-refractivity contribution in [2.24, 2.45) is 0 Å². The van der Waals surface area contributed by atoms with Crippen molar-refractivity contribution >= 4 is 12.0 Å². The Balaban J connectivity index is 2.20. The molecular weight excluding hydrogens is 228 g/mol. The molecule has 0 spiro atoms. The SMILES string of the molecule is CCc1ccc(-c2ccc(/C=C/C(=O)O)o2)cc1. The number of carboxylic acid groups (broad SMARTS) is 1. The van der Waals surface area contributed by atoms with Gasteiger partial charge in [-0.25, -0.2) is 4.79 Å². The first-order chi connectivity index (χ1) is 8.69. The van der Waals surface area contributed by atoms with Crippen molar-refractivity contribution in [2.45, 2.75) is 13.3 Å². The van der Waals surface area contributed by atoms with Gasteiger partial charge in [0.1, 0.15) is 11.5 Å². The van der Waals surface area contributed by atoms with E-state index >= 15 is 0 Å². The number of hydrogen-bond donors (Lipinski definition) is 1. The van der Waals surface area contributed by atoms with E-state index in [1.165, 1.54) is 11.6 Å². The van der Waals surface area contributed by atoms with Crippen molar-refractivity contribution in [3.63, 3.8) is 0 Å². The van der Waals surface area contributed by atoms with Gasteiger partial charge >= 0.3 is 5.97 Å². The third-order valence-corrected chi connectivity index (χ3v) is 2.66. The molecule has 0 unspecified atom stereocenters. The van der Waals surface area contributed by atoms with Crippen LogP contribution in [0.3, 0.4) is 0 Å². The van der Waals surface area contributed by atoms with Crippen molar-refractivity contribution in [3.8, 4) is 11.3 Å². The van der Waals surface area contributed by atoms with Crippen molar-refractivity contribution in [1.82, 2.24) is 0 Å². The van der Waals surface area contributed by atoms with Crippen LogP contribution in [0.25, 0.3) is 17.4 Å². The molecule has 0 saturated carbocycles. The number of aryl methyl sites for hydroxylation is 1. The second-order valence-electron chi connectivity index (χ2n) is 3.92. The number of hydrogen-bond acceptors (Lipinski definition) is 2. The fraction of sp³-hybridized carbons (Fsp3) is 0.133. The van der Waals surface area contributed by atoms with E-state index in [9.17, 15) is 4.79 Å². The molecule has 18 heavy (non-hydrogen) atoms. The van der Waals surface area contributed by atoms with E-state index in [2.05, 4.69) is 19.1 Å². The molecule has 2 rings (SSSR count). The summed E-state index contributed by atoms with van der Waals surface area (Å²) >= 11 is 0. The molecule has 0 atom stereocenters. The van der Waals surface area contributed by atoms with Gasteiger partial charge in [0, 0.05) is 11.6 Å². The lowest BCUT2D eigenvalue weighted by atomic mass is 10.1. The maximum absolute atomic E-state index is 10.4. The van der Waals surface area contributed by atoms with Crippen molar-refractivity contribution < 1.29 is 14.3 Å². The van der Waals surface area contributed by atoms with Gasteiger partial charge in [-0.1, -0.05) is 31.2 Å². The van der Waals surface area contributed by atoms with Crippen LogP contribution in [0.4, 0.5) is 0 Å². The molecular formula is C15H14O3. The molecule has 92 valence electrons.